The number of halogens is 1. The van der Waals surface area contributed by atoms with Gasteiger partial charge in [0, 0.05) is 9.35 Å². The highest BCUT2D eigenvalue weighted by Crippen LogP contribution is 2.50. The van der Waals surface area contributed by atoms with Crippen molar-refractivity contribution in [1.29, 1.82) is 0 Å². The molecule has 0 spiro atoms. The van der Waals surface area contributed by atoms with Crippen LogP contribution in [-0.2, 0) is 0 Å². The van der Waals surface area contributed by atoms with Gasteiger partial charge >= 0.3 is 0 Å². The molecule has 2 N–H and O–H groups in total. The predicted octanol–water partition coefficient (Wildman–Crippen LogP) is 2.57. The van der Waals surface area contributed by atoms with Crippen molar-refractivity contribution in [3.05, 3.63) is 20.8 Å². The molecule has 1 aromatic rings. The quantitative estimate of drug-likeness (QED) is 0.833. The van der Waals surface area contributed by atoms with Gasteiger partial charge in [0.1, 0.15) is 0 Å². The zero-order valence-electron chi connectivity index (χ0n) is 6.09. The van der Waals surface area contributed by atoms with Crippen LogP contribution in [0.3, 0.4) is 0 Å². The van der Waals surface area contributed by atoms with E-state index in [2.05, 4.69) is 27.4 Å². The lowest BCUT2D eigenvalue weighted by molar-refractivity contribution is 0.814. The Hall–Kier alpha value is 0.140. The minimum atomic E-state index is 0.755. The van der Waals surface area contributed by atoms with Crippen molar-refractivity contribution in [2.45, 2.75) is 12.3 Å². The summed E-state index contributed by atoms with van der Waals surface area (Å²) in [6, 6.07) is 2.12. The largest absolute Gasteiger partial charge is 0.330 e. The summed E-state index contributed by atoms with van der Waals surface area (Å²) in [7, 11) is 0. The van der Waals surface area contributed by atoms with Crippen LogP contribution in [0.2, 0.25) is 0 Å². The Labute approximate surface area is 78.7 Å². The molecular weight excluding hydrogens is 222 g/mol. The van der Waals surface area contributed by atoms with E-state index in [1.54, 1.807) is 0 Å². The van der Waals surface area contributed by atoms with Gasteiger partial charge < -0.3 is 5.73 Å². The molecule has 1 heterocycles. The molecule has 2 atom stereocenters. The molecule has 1 aliphatic carbocycles. The van der Waals surface area contributed by atoms with Gasteiger partial charge in [0.2, 0.25) is 0 Å². The summed E-state index contributed by atoms with van der Waals surface area (Å²) in [6.45, 7) is 0.842. The third-order valence-corrected chi connectivity index (χ3v) is 4.21. The molecule has 3 heteroatoms. The van der Waals surface area contributed by atoms with E-state index in [0.29, 0.717) is 0 Å². The van der Waals surface area contributed by atoms with Crippen LogP contribution in [0.5, 0.6) is 0 Å². The molecule has 0 saturated heterocycles. The Morgan fingerprint density at radius 1 is 1.73 bits per heavy atom. The molecule has 60 valence electrons. The van der Waals surface area contributed by atoms with Gasteiger partial charge in [0.25, 0.3) is 0 Å². The Balaban J connectivity index is 2.14. The number of hydrogen-bond donors (Lipinski definition) is 1. The lowest BCUT2D eigenvalue weighted by Crippen LogP contribution is -2.01. The summed E-state index contributed by atoms with van der Waals surface area (Å²) in [5.74, 6) is 1.51. The van der Waals surface area contributed by atoms with Crippen LogP contribution in [0, 0.1) is 5.92 Å². The minimum absolute atomic E-state index is 0.755. The number of hydrogen-bond acceptors (Lipinski definition) is 2. The van der Waals surface area contributed by atoms with Crippen molar-refractivity contribution in [3.8, 4) is 0 Å². The summed E-state index contributed by atoms with van der Waals surface area (Å²) in [6.07, 6.45) is 1.29. The molecule has 0 radical (unpaired) electrons. The van der Waals surface area contributed by atoms with E-state index in [9.17, 15) is 0 Å². The van der Waals surface area contributed by atoms with E-state index in [4.69, 9.17) is 5.73 Å². The first-order valence-corrected chi connectivity index (χ1v) is 5.43. The molecule has 0 aliphatic heterocycles. The second-order valence-electron chi connectivity index (χ2n) is 2.97. The second-order valence-corrected chi connectivity index (χ2v) is 4.77. The molecule has 0 amide bonds. The lowest BCUT2D eigenvalue weighted by Gasteiger charge is -1.93. The maximum Gasteiger partial charge on any atom is 0.0317 e. The maximum atomic E-state index is 5.57. The average molecular weight is 232 g/mol. The van der Waals surface area contributed by atoms with Crippen molar-refractivity contribution in [2.24, 2.45) is 11.7 Å². The van der Waals surface area contributed by atoms with Crippen LogP contribution >= 0.6 is 27.3 Å². The van der Waals surface area contributed by atoms with Crippen LogP contribution < -0.4 is 5.73 Å². The van der Waals surface area contributed by atoms with Gasteiger partial charge in [-0.25, -0.2) is 0 Å². The molecule has 0 aromatic carbocycles. The van der Waals surface area contributed by atoms with Gasteiger partial charge in [-0.1, -0.05) is 0 Å². The van der Waals surface area contributed by atoms with E-state index in [1.807, 2.05) is 11.3 Å². The fourth-order valence-electron chi connectivity index (χ4n) is 1.40. The molecule has 0 unspecified atom stereocenters. The van der Waals surface area contributed by atoms with E-state index in [0.717, 1.165) is 18.4 Å². The van der Waals surface area contributed by atoms with Crippen LogP contribution in [0.25, 0.3) is 0 Å². The van der Waals surface area contributed by atoms with Crippen molar-refractivity contribution < 1.29 is 0 Å². The highest BCUT2D eigenvalue weighted by atomic mass is 79.9. The molecule has 1 saturated carbocycles. The Bertz CT molecular complexity index is 258. The van der Waals surface area contributed by atoms with E-state index in [1.165, 1.54) is 15.8 Å². The Morgan fingerprint density at radius 2 is 2.55 bits per heavy atom. The summed E-state index contributed by atoms with van der Waals surface area (Å²) < 4.78 is 1.27. The van der Waals surface area contributed by atoms with Gasteiger partial charge in [-0.3, -0.25) is 0 Å². The molecule has 0 bridgehead atoms. The van der Waals surface area contributed by atoms with E-state index >= 15 is 0 Å². The summed E-state index contributed by atoms with van der Waals surface area (Å²) in [5, 5.41) is 2.13. The van der Waals surface area contributed by atoms with Crippen molar-refractivity contribution in [2.75, 3.05) is 6.54 Å². The fraction of sp³-hybridized carbons (Fsp3) is 0.500. The zero-order valence-corrected chi connectivity index (χ0v) is 8.49. The molecule has 1 fully saturated rings. The topological polar surface area (TPSA) is 26.0 Å². The number of thiophene rings is 1. The van der Waals surface area contributed by atoms with E-state index < -0.39 is 0 Å². The normalized spacial score (nSPS) is 28.9. The van der Waals surface area contributed by atoms with E-state index in [-0.39, 0.29) is 0 Å². The van der Waals surface area contributed by atoms with Crippen LogP contribution in [0.1, 0.15) is 17.2 Å². The molecule has 11 heavy (non-hydrogen) atoms. The van der Waals surface area contributed by atoms with Crippen molar-refractivity contribution >= 4 is 27.3 Å². The smallest absolute Gasteiger partial charge is 0.0317 e. The monoisotopic (exact) mass is 231 g/mol. The molecule has 2 rings (SSSR count). The third kappa shape index (κ3) is 1.37. The SMILES string of the molecule is NC[C@@H]1C[C@H]1c1sccc1Br. The molecule has 1 aromatic heterocycles. The lowest BCUT2D eigenvalue weighted by atomic mass is 10.3. The summed E-state index contributed by atoms with van der Waals surface area (Å²) in [4.78, 5) is 1.49. The van der Waals surface area contributed by atoms with Crippen molar-refractivity contribution in [1.82, 2.24) is 0 Å². The minimum Gasteiger partial charge on any atom is -0.330 e. The highest BCUT2D eigenvalue weighted by Gasteiger charge is 2.38. The summed E-state index contributed by atoms with van der Waals surface area (Å²) >= 11 is 5.37. The highest BCUT2D eigenvalue weighted by molar-refractivity contribution is 9.10. The third-order valence-electron chi connectivity index (χ3n) is 2.21. The first-order chi connectivity index (χ1) is 5.33. The Morgan fingerprint density at radius 3 is 3.00 bits per heavy atom. The second kappa shape index (κ2) is 2.88. The van der Waals surface area contributed by atoms with Gasteiger partial charge in [-0.05, 0) is 52.2 Å². The zero-order chi connectivity index (χ0) is 7.84. The van der Waals surface area contributed by atoms with Crippen LogP contribution in [0.4, 0.5) is 0 Å². The Kier molecular flexibility index (Phi) is 2.04. The maximum absolute atomic E-state index is 5.57. The molecule has 1 nitrogen and oxygen atoms in total. The number of nitrogens with two attached hydrogens (primary N) is 1. The van der Waals surface area contributed by atoms with Crippen molar-refractivity contribution in [3.63, 3.8) is 0 Å². The standard InChI is InChI=1S/C8H10BrNS/c9-7-1-2-11-8(7)6-3-5(6)4-10/h1-2,5-6H,3-4,10H2/t5-,6+/m0/s1. The average Bonchev–Trinajstić information content (AvgIpc) is 2.68. The van der Waals surface area contributed by atoms with Crippen LogP contribution in [-0.4, -0.2) is 6.54 Å². The molecular formula is C8H10BrNS. The first-order valence-electron chi connectivity index (χ1n) is 3.76. The van der Waals surface area contributed by atoms with Gasteiger partial charge in [0.05, 0.1) is 0 Å². The van der Waals surface area contributed by atoms with Gasteiger partial charge in [0.15, 0.2) is 0 Å². The van der Waals surface area contributed by atoms with Gasteiger partial charge in [-0.2, -0.15) is 0 Å². The first kappa shape index (κ1) is 7.77. The van der Waals surface area contributed by atoms with Crippen LogP contribution in [0.15, 0.2) is 15.9 Å². The molecule has 1 aliphatic rings. The fourth-order valence-corrected chi connectivity index (χ4v) is 3.28. The predicted molar refractivity (Wildman–Crippen MR) is 51.9 cm³/mol. The summed E-state index contributed by atoms with van der Waals surface area (Å²) in [5.41, 5.74) is 5.57. The van der Waals surface area contributed by atoms with Gasteiger partial charge in [-0.15, -0.1) is 11.3 Å². The number of rotatable bonds is 2.